The van der Waals surface area contributed by atoms with Gasteiger partial charge in [-0.25, -0.2) is 0 Å². The van der Waals surface area contributed by atoms with E-state index in [0.29, 0.717) is 30.4 Å². The summed E-state index contributed by atoms with van der Waals surface area (Å²) in [5.74, 6) is 0.0194. The lowest BCUT2D eigenvalue weighted by Crippen LogP contribution is -2.49. The molecule has 0 radical (unpaired) electrons. The SMILES string of the molecule is O=C(c1cc2cc(Cl)ccc2[nH]1)N1CCN(CCO)CC1. The highest BCUT2D eigenvalue weighted by atomic mass is 35.5. The zero-order valence-corrected chi connectivity index (χ0v) is 12.4. The van der Waals surface area contributed by atoms with Crippen molar-refractivity contribution >= 4 is 28.4 Å². The summed E-state index contributed by atoms with van der Waals surface area (Å²) in [4.78, 5) is 19.7. The van der Waals surface area contributed by atoms with Crippen molar-refractivity contribution in [1.82, 2.24) is 14.8 Å². The Balaban J connectivity index is 1.72. The molecule has 1 aliphatic rings. The van der Waals surface area contributed by atoms with Crippen LogP contribution in [0.25, 0.3) is 10.9 Å². The number of piperazine rings is 1. The van der Waals surface area contributed by atoms with Gasteiger partial charge < -0.3 is 15.0 Å². The first kappa shape index (κ1) is 14.4. The number of aromatic amines is 1. The fourth-order valence-corrected chi connectivity index (χ4v) is 2.89. The average Bonchev–Trinajstić information content (AvgIpc) is 2.90. The van der Waals surface area contributed by atoms with Gasteiger partial charge in [0.05, 0.1) is 6.61 Å². The predicted molar refractivity (Wildman–Crippen MR) is 82.7 cm³/mol. The third kappa shape index (κ3) is 3.05. The van der Waals surface area contributed by atoms with Gasteiger partial charge in [0.25, 0.3) is 5.91 Å². The summed E-state index contributed by atoms with van der Waals surface area (Å²) in [6, 6.07) is 7.39. The fourth-order valence-electron chi connectivity index (χ4n) is 2.71. The predicted octanol–water partition coefficient (Wildman–Crippen LogP) is 1.57. The Labute approximate surface area is 128 Å². The molecule has 1 fully saturated rings. The van der Waals surface area contributed by atoms with Gasteiger partial charge in [-0.1, -0.05) is 11.6 Å². The minimum Gasteiger partial charge on any atom is -0.395 e. The molecule has 0 unspecified atom stereocenters. The summed E-state index contributed by atoms with van der Waals surface area (Å²) in [7, 11) is 0. The van der Waals surface area contributed by atoms with E-state index in [4.69, 9.17) is 16.7 Å². The molecule has 2 N–H and O–H groups in total. The summed E-state index contributed by atoms with van der Waals surface area (Å²) >= 11 is 5.97. The van der Waals surface area contributed by atoms with E-state index in [1.165, 1.54) is 0 Å². The molecule has 1 aromatic heterocycles. The Morgan fingerprint density at radius 1 is 1.24 bits per heavy atom. The minimum atomic E-state index is 0.0194. The van der Waals surface area contributed by atoms with E-state index in [2.05, 4.69) is 9.88 Å². The molecule has 112 valence electrons. The van der Waals surface area contributed by atoms with E-state index in [1.807, 2.05) is 29.2 Å². The number of H-pyrrole nitrogens is 1. The van der Waals surface area contributed by atoms with Crippen molar-refractivity contribution in [2.45, 2.75) is 0 Å². The van der Waals surface area contributed by atoms with Gasteiger partial charge in [0.2, 0.25) is 0 Å². The Morgan fingerprint density at radius 2 is 2.00 bits per heavy atom. The van der Waals surface area contributed by atoms with Crippen LogP contribution in [-0.2, 0) is 0 Å². The molecule has 0 saturated carbocycles. The monoisotopic (exact) mass is 307 g/mol. The van der Waals surface area contributed by atoms with E-state index >= 15 is 0 Å². The largest absolute Gasteiger partial charge is 0.395 e. The van der Waals surface area contributed by atoms with Crippen molar-refractivity contribution in [2.24, 2.45) is 0 Å². The van der Waals surface area contributed by atoms with Crippen molar-refractivity contribution in [3.8, 4) is 0 Å². The van der Waals surface area contributed by atoms with Crippen LogP contribution in [-0.4, -0.2) is 65.1 Å². The number of halogens is 1. The number of carbonyl (C=O) groups is 1. The molecule has 0 spiro atoms. The van der Waals surface area contributed by atoms with Gasteiger partial charge in [0.15, 0.2) is 0 Å². The first-order valence-corrected chi connectivity index (χ1v) is 7.46. The Morgan fingerprint density at radius 3 is 2.71 bits per heavy atom. The Kier molecular flexibility index (Phi) is 4.14. The lowest BCUT2D eigenvalue weighted by Gasteiger charge is -2.34. The summed E-state index contributed by atoms with van der Waals surface area (Å²) in [5, 5.41) is 10.6. The molecular weight excluding hydrogens is 290 g/mol. The lowest BCUT2D eigenvalue weighted by atomic mass is 10.2. The molecule has 1 saturated heterocycles. The van der Waals surface area contributed by atoms with Crippen LogP contribution in [0.2, 0.25) is 5.02 Å². The van der Waals surface area contributed by atoms with Crippen molar-refractivity contribution in [2.75, 3.05) is 39.3 Å². The maximum absolute atomic E-state index is 12.5. The second kappa shape index (κ2) is 6.05. The average molecular weight is 308 g/mol. The number of aromatic nitrogens is 1. The topological polar surface area (TPSA) is 59.6 Å². The summed E-state index contributed by atoms with van der Waals surface area (Å²) in [6.45, 7) is 3.82. The highest BCUT2D eigenvalue weighted by Crippen LogP contribution is 2.21. The maximum Gasteiger partial charge on any atom is 0.270 e. The first-order chi connectivity index (χ1) is 10.2. The van der Waals surface area contributed by atoms with Crippen molar-refractivity contribution in [3.05, 3.63) is 35.0 Å². The zero-order chi connectivity index (χ0) is 14.8. The van der Waals surface area contributed by atoms with Gasteiger partial charge in [0.1, 0.15) is 5.69 Å². The van der Waals surface area contributed by atoms with Crippen molar-refractivity contribution in [1.29, 1.82) is 0 Å². The van der Waals surface area contributed by atoms with E-state index in [1.54, 1.807) is 0 Å². The number of fused-ring (bicyclic) bond motifs is 1. The second-order valence-corrected chi connectivity index (χ2v) is 5.71. The molecular formula is C15H18ClN3O2. The van der Waals surface area contributed by atoms with Crippen LogP contribution in [0.3, 0.4) is 0 Å². The smallest absolute Gasteiger partial charge is 0.270 e. The first-order valence-electron chi connectivity index (χ1n) is 7.08. The number of amides is 1. The molecule has 0 atom stereocenters. The fraction of sp³-hybridized carbons (Fsp3) is 0.400. The van der Waals surface area contributed by atoms with E-state index in [9.17, 15) is 4.79 Å². The van der Waals surface area contributed by atoms with Crippen molar-refractivity contribution in [3.63, 3.8) is 0 Å². The Bertz CT molecular complexity index is 647. The highest BCUT2D eigenvalue weighted by molar-refractivity contribution is 6.31. The van der Waals surface area contributed by atoms with Crippen LogP contribution in [0.4, 0.5) is 0 Å². The third-order valence-corrected chi connectivity index (χ3v) is 4.12. The number of benzene rings is 1. The molecule has 2 aromatic rings. The normalized spacial score (nSPS) is 16.6. The number of carbonyl (C=O) groups excluding carboxylic acids is 1. The molecule has 3 rings (SSSR count). The number of nitrogens with zero attached hydrogens (tertiary/aromatic N) is 2. The molecule has 21 heavy (non-hydrogen) atoms. The molecule has 1 amide bonds. The van der Waals surface area contributed by atoms with Gasteiger partial charge in [-0.2, -0.15) is 0 Å². The molecule has 5 nitrogen and oxygen atoms in total. The third-order valence-electron chi connectivity index (χ3n) is 3.89. The number of hydrogen-bond acceptors (Lipinski definition) is 3. The molecule has 1 aliphatic heterocycles. The lowest BCUT2D eigenvalue weighted by molar-refractivity contribution is 0.0610. The summed E-state index contributed by atoms with van der Waals surface area (Å²) < 4.78 is 0. The van der Waals surface area contributed by atoms with Crippen LogP contribution in [0.5, 0.6) is 0 Å². The van der Waals surface area contributed by atoms with Gasteiger partial charge >= 0.3 is 0 Å². The van der Waals surface area contributed by atoms with Crippen molar-refractivity contribution < 1.29 is 9.90 Å². The van der Waals surface area contributed by atoms with Gasteiger partial charge in [-0.05, 0) is 24.3 Å². The molecule has 6 heteroatoms. The van der Waals surface area contributed by atoms with E-state index in [0.717, 1.165) is 24.0 Å². The number of aliphatic hydroxyl groups is 1. The zero-order valence-electron chi connectivity index (χ0n) is 11.7. The molecule has 1 aromatic carbocycles. The highest BCUT2D eigenvalue weighted by Gasteiger charge is 2.22. The summed E-state index contributed by atoms with van der Waals surface area (Å²) in [6.07, 6.45) is 0. The van der Waals surface area contributed by atoms with Crippen LogP contribution in [0.1, 0.15) is 10.5 Å². The van der Waals surface area contributed by atoms with Crippen LogP contribution >= 0.6 is 11.6 Å². The number of hydrogen-bond donors (Lipinski definition) is 2. The van der Waals surface area contributed by atoms with E-state index < -0.39 is 0 Å². The number of rotatable bonds is 3. The van der Waals surface area contributed by atoms with Crippen LogP contribution < -0.4 is 0 Å². The summed E-state index contributed by atoms with van der Waals surface area (Å²) in [5.41, 5.74) is 1.52. The Hall–Kier alpha value is -1.56. The van der Waals surface area contributed by atoms with E-state index in [-0.39, 0.29) is 12.5 Å². The number of β-amino-alcohol motifs (C(OH)–C–C–N with tert-alkyl or cyclic N) is 1. The van der Waals surface area contributed by atoms with Gasteiger partial charge in [0, 0.05) is 48.6 Å². The maximum atomic E-state index is 12.5. The van der Waals surface area contributed by atoms with Gasteiger partial charge in [-0.15, -0.1) is 0 Å². The quantitative estimate of drug-likeness (QED) is 0.905. The van der Waals surface area contributed by atoms with Gasteiger partial charge in [-0.3, -0.25) is 9.69 Å². The second-order valence-electron chi connectivity index (χ2n) is 5.27. The standard InChI is InChI=1S/C15H18ClN3O2/c16-12-1-2-13-11(9-12)10-14(17-13)15(21)19-5-3-18(4-6-19)7-8-20/h1-2,9-10,17,20H,3-8H2. The number of aliphatic hydroxyl groups excluding tert-OH is 1. The van der Waals surface area contributed by atoms with Crippen LogP contribution in [0, 0.1) is 0 Å². The minimum absolute atomic E-state index is 0.0194. The van der Waals surface area contributed by atoms with Crippen LogP contribution in [0.15, 0.2) is 24.3 Å². The molecule has 2 heterocycles. The molecule has 0 aliphatic carbocycles. The number of nitrogens with one attached hydrogen (secondary N) is 1. The molecule has 0 bridgehead atoms.